The number of hydrogen-bond donors (Lipinski definition) is 1. The largest absolute Gasteiger partial charge is 0.353 e. The molecule has 0 aromatic rings. The molecular weight excluding hydrogens is 162 g/mol. The second-order valence-electron chi connectivity index (χ2n) is 4.05. The number of nitrogens with one attached hydrogen (secondary N) is 1. The summed E-state index contributed by atoms with van der Waals surface area (Å²) in [4.78, 5) is 11.1. The van der Waals surface area contributed by atoms with E-state index in [1.807, 2.05) is 6.92 Å². The maximum Gasteiger partial charge on any atom is 0.219 e. The average molecular weight is 183 g/mol. The monoisotopic (exact) mass is 183 g/mol. The smallest absolute Gasteiger partial charge is 0.219 e. The zero-order chi connectivity index (χ0) is 9.68. The van der Waals surface area contributed by atoms with Crippen LogP contribution in [0.3, 0.4) is 0 Å². The Morgan fingerprint density at radius 1 is 1.23 bits per heavy atom. The molecule has 1 aliphatic carbocycles. The molecule has 0 aliphatic heterocycles. The van der Waals surface area contributed by atoms with Crippen molar-refractivity contribution in [2.75, 3.05) is 0 Å². The molecule has 0 bridgehead atoms. The van der Waals surface area contributed by atoms with E-state index in [1.54, 1.807) is 0 Å². The summed E-state index contributed by atoms with van der Waals surface area (Å²) in [5.74, 6) is 1.12. The number of hydrogen-bond acceptors (Lipinski definition) is 1. The van der Waals surface area contributed by atoms with Crippen molar-refractivity contribution in [1.29, 1.82) is 0 Å². The summed E-state index contributed by atoms with van der Waals surface area (Å²) >= 11 is 0. The highest BCUT2D eigenvalue weighted by atomic mass is 16.1. The van der Waals surface area contributed by atoms with Gasteiger partial charge in [0.25, 0.3) is 0 Å². The van der Waals surface area contributed by atoms with E-state index in [4.69, 9.17) is 0 Å². The van der Waals surface area contributed by atoms with Gasteiger partial charge in [-0.2, -0.15) is 0 Å². The Bertz CT molecular complexity index is 159. The number of amides is 1. The molecule has 1 fully saturated rings. The fraction of sp³-hybridized carbons (Fsp3) is 0.909. The SMILES string of the molecule is CCC(=O)NC1CCC(CC)CC1. The second-order valence-corrected chi connectivity index (χ2v) is 4.05. The first-order chi connectivity index (χ1) is 6.26. The Kier molecular flexibility index (Phi) is 4.26. The molecule has 0 aromatic carbocycles. The van der Waals surface area contributed by atoms with Gasteiger partial charge in [0.2, 0.25) is 5.91 Å². The highest BCUT2D eigenvalue weighted by Gasteiger charge is 2.20. The Balaban J connectivity index is 2.21. The van der Waals surface area contributed by atoms with E-state index in [2.05, 4.69) is 12.2 Å². The molecule has 13 heavy (non-hydrogen) atoms. The summed E-state index contributed by atoms with van der Waals surface area (Å²) in [6.07, 6.45) is 6.88. The third kappa shape index (κ3) is 3.37. The van der Waals surface area contributed by atoms with Crippen LogP contribution in [-0.2, 0) is 4.79 Å². The zero-order valence-corrected chi connectivity index (χ0v) is 8.81. The first kappa shape index (κ1) is 10.6. The van der Waals surface area contributed by atoms with E-state index in [1.165, 1.54) is 32.1 Å². The van der Waals surface area contributed by atoms with E-state index >= 15 is 0 Å². The summed E-state index contributed by atoms with van der Waals surface area (Å²) in [5.41, 5.74) is 0. The highest BCUT2D eigenvalue weighted by Crippen LogP contribution is 2.26. The molecule has 1 N–H and O–H groups in total. The van der Waals surface area contributed by atoms with Crippen LogP contribution in [0.25, 0.3) is 0 Å². The molecular formula is C11H21NO. The van der Waals surface area contributed by atoms with Gasteiger partial charge in [-0.15, -0.1) is 0 Å². The molecule has 2 nitrogen and oxygen atoms in total. The van der Waals surface area contributed by atoms with E-state index in [0.717, 1.165) is 5.92 Å². The molecule has 76 valence electrons. The zero-order valence-electron chi connectivity index (χ0n) is 8.81. The van der Waals surface area contributed by atoms with Gasteiger partial charge in [-0.3, -0.25) is 4.79 Å². The van der Waals surface area contributed by atoms with E-state index in [0.29, 0.717) is 12.5 Å². The van der Waals surface area contributed by atoms with Crippen molar-refractivity contribution in [3.05, 3.63) is 0 Å². The van der Waals surface area contributed by atoms with Gasteiger partial charge in [0.1, 0.15) is 0 Å². The van der Waals surface area contributed by atoms with E-state index in [9.17, 15) is 4.79 Å². The van der Waals surface area contributed by atoms with Crippen LogP contribution in [0.2, 0.25) is 0 Å². The molecule has 1 amide bonds. The van der Waals surface area contributed by atoms with Gasteiger partial charge in [0.15, 0.2) is 0 Å². The molecule has 0 radical (unpaired) electrons. The molecule has 0 unspecified atom stereocenters. The quantitative estimate of drug-likeness (QED) is 0.715. The average Bonchev–Trinajstić information content (AvgIpc) is 2.19. The summed E-state index contributed by atoms with van der Waals surface area (Å²) in [7, 11) is 0. The molecule has 0 saturated heterocycles. The summed E-state index contributed by atoms with van der Waals surface area (Å²) < 4.78 is 0. The Labute approximate surface area is 81.1 Å². The van der Waals surface area contributed by atoms with Gasteiger partial charge in [-0.05, 0) is 31.6 Å². The molecule has 0 aromatic heterocycles. The Morgan fingerprint density at radius 3 is 2.31 bits per heavy atom. The lowest BCUT2D eigenvalue weighted by Crippen LogP contribution is -2.37. The van der Waals surface area contributed by atoms with Crippen LogP contribution in [-0.4, -0.2) is 11.9 Å². The normalized spacial score (nSPS) is 28.5. The van der Waals surface area contributed by atoms with Crippen molar-refractivity contribution < 1.29 is 4.79 Å². The Morgan fingerprint density at radius 2 is 1.85 bits per heavy atom. The predicted molar refractivity (Wildman–Crippen MR) is 54.5 cm³/mol. The first-order valence-electron chi connectivity index (χ1n) is 5.55. The fourth-order valence-corrected chi connectivity index (χ4v) is 2.04. The summed E-state index contributed by atoms with van der Waals surface area (Å²) in [6, 6.07) is 0.468. The molecule has 0 atom stereocenters. The van der Waals surface area contributed by atoms with Crippen LogP contribution < -0.4 is 5.32 Å². The van der Waals surface area contributed by atoms with Crippen molar-refractivity contribution in [2.24, 2.45) is 5.92 Å². The van der Waals surface area contributed by atoms with Crippen molar-refractivity contribution in [2.45, 2.75) is 58.4 Å². The van der Waals surface area contributed by atoms with Crippen molar-refractivity contribution in [1.82, 2.24) is 5.32 Å². The lowest BCUT2D eigenvalue weighted by molar-refractivity contribution is -0.121. The van der Waals surface area contributed by atoms with E-state index in [-0.39, 0.29) is 5.91 Å². The summed E-state index contributed by atoms with van der Waals surface area (Å²) in [5, 5.41) is 3.07. The second kappa shape index (κ2) is 5.25. The van der Waals surface area contributed by atoms with Crippen molar-refractivity contribution in [3.8, 4) is 0 Å². The fourth-order valence-electron chi connectivity index (χ4n) is 2.04. The minimum absolute atomic E-state index is 0.208. The van der Waals surface area contributed by atoms with Gasteiger partial charge < -0.3 is 5.32 Å². The molecule has 0 heterocycles. The predicted octanol–water partition coefficient (Wildman–Crippen LogP) is 2.48. The van der Waals surface area contributed by atoms with Crippen LogP contribution in [0.15, 0.2) is 0 Å². The standard InChI is InChI=1S/C11H21NO/c1-3-9-5-7-10(8-6-9)12-11(13)4-2/h9-10H,3-8H2,1-2H3,(H,12,13). The topological polar surface area (TPSA) is 29.1 Å². The maximum atomic E-state index is 11.1. The number of carbonyl (C=O) groups excluding carboxylic acids is 1. The molecule has 1 aliphatic rings. The number of rotatable bonds is 3. The van der Waals surface area contributed by atoms with Crippen molar-refractivity contribution >= 4 is 5.91 Å². The third-order valence-electron chi connectivity index (χ3n) is 3.11. The lowest BCUT2D eigenvalue weighted by atomic mass is 9.84. The van der Waals surface area contributed by atoms with Gasteiger partial charge in [-0.1, -0.05) is 20.3 Å². The Hall–Kier alpha value is -0.530. The van der Waals surface area contributed by atoms with Crippen LogP contribution in [0.1, 0.15) is 52.4 Å². The molecule has 0 spiro atoms. The molecule has 1 saturated carbocycles. The number of carbonyl (C=O) groups is 1. The van der Waals surface area contributed by atoms with Crippen LogP contribution in [0.5, 0.6) is 0 Å². The lowest BCUT2D eigenvalue weighted by Gasteiger charge is -2.28. The van der Waals surface area contributed by atoms with Crippen molar-refractivity contribution in [3.63, 3.8) is 0 Å². The molecule has 2 heteroatoms. The van der Waals surface area contributed by atoms with Gasteiger partial charge in [-0.25, -0.2) is 0 Å². The van der Waals surface area contributed by atoms with Gasteiger partial charge in [0, 0.05) is 12.5 Å². The van der Waals surface area contributed by atoms with Crippen LogP contribution >= 0.6 is 0 Å². The van der Waals surface area contributed by atoms with Crippen LogP contribution in [0, 0.1) is 5.92 Å². The maximum absolute atomic E-state index is 11.1. The minimum Gasteiger partial charge on any atom is -0.353 e. The third-order valence-corrected chi connectivity index (χ3v) is 3.11. The van der Waals surface area contributed by atoms with Crippen LogP contribution in [0.4, 0.5) is 0 Å². The molecule has 1 rings (SSSR count). The van der Waals surface area contributed by atoms with E-state index < -0.39 is 0 Å². The summed E-state index contributed by atoms with van der Waals surface area (Å²) in [6.45, 7) is 4.17. The van der Waals surface area contributed by atoms with Gasteiger partial charge in [0.05, 0.1) is 0 Å². The minimum atomic E-state index is 0.208. The van der Waals surface area contributed by atoms with Gasteiger partial charge >= 0.3 is 0 Å². The highest BCUT2D eigenvalue weighted by molar-refractivity contribution is 5.75. The first-order valence-corrected chi connectivity index (χ1v) is 5.55.